The monoisotopic (exact) mass is 216 g/mol. The SMILES string of the molecule is CCC(O)COc1csc(C(=O)O)c1. The number of aliphatic hydroxyl groups excluding tert-OH is 1. The summed E-state index contributed by atoms with van der Waals surface area (Å²) in [7, 11) is 0. The second-order valence-corrected chi connectivity index (χ2v) is 3.74. The first-order valence-corrected chi connectivity index (χ1v) is 5.14. The van der Waals surface area contributed by atoms with Gasteiger partial charge in [0.15, 0.2) is 0 Å². The quantitative estimate of drug-likeness (QED) is 0.784. The number of ether oxygens (including phenoxy) is 1. The molecule has 4 nitrogen and oxygen atoms in total. The normalized spacial score (nSPS) is 12.4. The van der Waals surface area contributed by atoms with Gasteiger partial charge in [0.05, 0.1) is 6.10 Å². The molecule has 14 heavy (non-hydrogen) atoms. The van der Waals surface area contributed by atoms with Gasteiger partial charge in [-0.15, -0.1) is 11.3 Å². The number of aromatic carboxylic acids is 1. The summed E-state index contributed by atoms with van der Waals surface area (Å²) in [6.45, 7) is 2.05. The molecule has 1 atom stereocenters. The lowest BCUT2D eigenvalue weighted by Gasteiger charge is -2.07. The van der Waals surface area contributed by atoms with E-state index in [2.05, 4.69) is 0 Å². The lowest BCUT2D eigenvalue weighted by molar-refractivity contribution is 0.0701. The first-order valence-electron chi connectivity index (χ1n) is 4.26. The molecule has 1 unspecified atom stereocenters. The number of thiophene rings is 1. The van der Waals surface area contributed by atoms with Crippen LogP contribution in [0.2, 0.25) is 0 Å². The number of hydrogen-bond donors (Lipinski definition) is 2. The smallest absolute Gasteiger partial charge is 0.346 e. The Morgan fingerprint density at radius 2 is 2.43 bits per heavy atom. The zero-order valence-electron chi connectivity index (χ0n) is 7.77. The molecule has 0 spiro atoms. The third-order valence-corrected chi connectivity index (χ3v) is 2.60. The van der Waals surface area contributed by atoms with Gasteiger partial charge in [-0.3, -0.25) is 0 Å². The van der Waals surface area contributed by atoms with Crippen LogP contribution in [0, 0.1) is 0 Å². The third-order valence-electron chi connectivity index (χ3n) is 1.70. The van der Waals surface area contributed by atoms with Gasteiger partial charge in [0.25, 0.3) is 0 Å². The summed E-state index contributed by atoms with van der Waals surface area (Å²) >= 11 is 1.11. The molecule has 1 heterocycles. The zero-order chi connectivity index (χ0) is 10.6. The van der Waals surface area contributed by atoms with E-state index in [1.54, 1.807) is 5.38 Å². The molecule has 0 fully saturated rings. The molecule has 0 aliphatic rings. The van der Waals surface area contributed by atoms with E-state index in [4.69, 9.17) is 9.84 Å². The van der Waals surface area contributed by atoms with E-state index in [9.17, 15) is 9.90 Å². The summed E-state index contributed by atoms with van der Waals surface area (Å²) in [5.41, 5.74) is 0. The van der Waals surface area contributed by atoms with Gasteiger partial charge in [-0.05, 0) is 6.42 Å². The Bertz CT molecular complexity index is 308. The highest BCUT2D eigenvalue weighted by Gasteiger charge is 2.08. The van der Waals surface area contributed by atoms with Crippen LogP contribution in [0.4, 0.5) is 0 Å². The number of aliphatic hydroxyl groups is 1. The molecule has 1 aromatic rings. The van der Waals surface area contributed by atoms with Crippen LogP contribution in [0.25, 0.3) is 0 Å². The Morgan fingerprint density at radius 3 is 2.93 bits per heavy atom. The maximum Gasteiger partial charge on any atom is 0.346 e. The van der Waals surface area contributed by atoms with Gasteiger partial charge < -0.3 is 14.9 Å². The van der Waals surface area contributed by atoms with Crippen molar-refractivity contribution in [3.05, 3.63) is 16.3 Å². The number of hydrogen-bond acceptors (Lipinski definition) is 4. The van der Waals surface area contributed by atoms with Gasteiger partial charge in [0, 0.05) is 11.4 Å². The van der Waals surface area contributed by atoms with E-state index in [-0.39, 0.29) is 11.5 Å². The van der Waals surface area contributed by atoms with Crippen molar-refractivity contribution in [3.63, 3.8) is 0 Å². The summed E-state index contributed by atoms with van der Waals surface area (Å²) in [5.74, 6) is -0.458. The van der Waals surface area contributed by atoms with Crippen molar-refractivity contribution in [1.29, 1.82) is 0 Å². The minimum absolute atomic E-state index is 0.201. The Hall–Kier alpha value is -1.07. The minimum Gasteiger partial charge on any atom is -0.490 e. The van der Waals surface area contributed by atoms with Crippen molar-refractivity contribution in [2.45, 2.75) is 19.4 Å². The highest BCUT2D eigenvalue weighted by atomic mass is 32.1. The van der Waals surface area contributed by atoms with E-state index in [1.807, 2.05) is 6.92 Å². The van der Waals surface area contributed by atoms with Crippen LogP contribution in [0.3, 0.4) is 0 Å². The maximum absolute atomic E-state index is 10.5. The summed E-state index contributed by atoms with van der Waals surface area (Å²) in [6, 6.07) is 1.45. The molecule has 0 bridgehead atoms. The second-order valence-electron chi connectivity index (χ2n) is 2.82. The average molecular weight is 216 g/mol. The van der Waals surface area contributed by atoms with Crippen molar-refractivity contribution in [1.82, 2.24) is 0 Å². The lowest BCUT2D eigenvalue weighted by Crippen LogP contribution is -2.15. The van der Waals surface area contributed by atoms with Gasteiger partial charge in [-0.25, -0.2) is 4.79 Å². The summed E-state index contributed by atoms with van der Waals surface area (Å²) in [6.07, 6.45) is 0.124. The fourth-order valence-corrected chi connectivity index (χ4v) is 1.48. The van der Waals surface area contributed by atoms with Crippen molar-refractivity contribution in [2.24, 2.45) is 0 Å². The number of carbonyl (C=O) groups is 1. The molecular weight excluding hydrogens is 204 g/mol. The molecule has 1 aromatic heterocycles. The molecule has 78 valence electrons. The summed E-state index contributed by atoms with van der Waals surface area (Å²) in [4.78, 5) is 10.8. The van der Waals surface area contributed by atoms with E-state index in [1.165, 1.54) is 6.07 Å². The molecule has 2 N–H and O–H groups in total. The van der Waals surface area contributed by atoms with Crippen molar-refractivity contribution in [3.8, 4) is 5.75 Å². The molecule has 5 heteroatoms. The Labute approximate surface area is 85.8 Å². The molecule has 0 saturated heterocycles. The van der Waals surface area contributed by atoms with Crippen LogP contribution in [-0.2, 0) is 0 Å². The van der Waals surface area contributed by atoms with Gasteiger partial charge >= 0.3 is 5.97 Å². The molecular formula is C9H12O4S. The maximum atomic E-state index is 10.5. The van der Waals surface area contributed by atoms with Crippen LogP contribution < -0.4 is 4.74 Å². The Balaban J connectivity index is 2.48. The molecule has 0 radical (unpaired) electrons. The van der Waals surface area contributed by atoms with Crippen LogP contribution >= 0.6 is 11.3 Å². The predicted molar refractivity (Wildman–Crippen MR) is 53.1 cm³/mol. The van der Waals surface area contributed by atoms with Gasteiger partial charge in [0.1, 0.15) is 17.2 Å². The van der Waals surface area contributed by atoms with Crippen molar-refractivity contribution < 1.29 is 19.7 Å². The van der Waals surface area contributed by atoms with Gasteiger partial charge in [-0.2, -0.15) is 0 Å². The molecule has 0 aliphatic carbocycles. The standard InChI is InChI=1S/C9H12O4S/c1-2-6(10)4-13-7-3-8(9(11)12)14-5-7/h3,5-6,10H,2,4H2,1H3,(H,11,12). The third kappa shape index (κ3) is 3.01. The Kier molecular flexibility index (Phi) is 3.91. The highest BCUT2D eigenvalue weighted by molar-refractivity contribution is 7.12. The molecule has 0 amide bonds. The van der Waals surface area contributed by atoms with Gasteiger partial charge in [0.2, 0.25) is 0 Å². The Morgan fingerprint density at radius 1 is 1.71 bits per heavy atom. The van der Waals surface area contributed by atoms with E-state index in [0.29, 0.717) is 12.2 Å². The molecule has 1 rings (SSSR count). The minimum atomic E-state index is -0.958. The number of carboxylic acid groups (broad SMARTS) is 1. The van der Waals surface area contributed by atoms with Crippen molar-refractivity contribution in [2.75, 3.05) is 6.61 Å². The largest absolute Gasteiger partial charge is 0.490 e. The molecule has 0 aromatic carbocycles. The fourth-order valence-electron chi connectivity index (χ4n) is 0.817. The molecule has 0 aliphatic heterocycles. The van der Waals surface area contributed by atoms with Crippen LogP contribution in [-0.4, -0.2) is 28.9 Å². The van der Waals surface area contributed by atoms with Gasteiger partial charge in [-0.1, -0.05) is 6.92 Å². The lowest BCUT2D eigenvalue weighted by atomic mass is 10.3. The van der Waals surface area contributed by atoms with Crippen LogP contribution in [0.5, 0.6) is 5.75 Å². The zero-order valence-corrected chi connectivity index (χ0v) is 8.58. The predicted octanol–water partition coefficient (Wildman–Crippen LogP) is 1.60. The first-order chi connectivity index (χ1) is 6.63. The summed E-state index contributed by atoms with van der Waals surface area (Å²) in [5, 5.41) is 19.4. The highest BCUT2D eigenvalue weighted by Crippen LogP contribution is 2.21. The van der Waals surface area contributed by atoms with Crippen molar-refractivity contribution >= 4 is 17.3 Å². The van der Waals surface area contributed by atoms with E-state index in [0.717, 1.165) is 11.3 Å². The van der Waals surface area contributed by atoms with Crippen LogP contribution in [0.15, 0.2) is 11.4 Å². The average Bonchev–Trinajstić information content (AvgIpc) is 2.62. The molecule has 0 saturated carbocycles. The number of rotatable bonds is 5. The number of carboxylic acids is 1. The topological polar surface area (TPSA) is 66.8 Å². The first kappa shape index (κ1) is 11.0. The van der Waals surface area contributed by atoms with E-state index < -0.39 is 12.1 Å². The second kappa shape index (κ2) is 4.97. The fraction of sp³-hybridized carbons (Fsp3) is 0.444. The van der Waals surface area contributed by atoms with Crippen LogP contribution in [0.1, 0.15) is 23.0 Å². The summed E-state index contributed by atoms with van der Waals surface area (Å²) < 4.78 is 5.19. The van der Waals surface area contributed by atoms with E-state index >= 15 is 0 Å².